The van der Waals surface area contributed by atoms with Crippen molar-refractivity contribution in [3.8, 4) is 0 Å². The SMILES string of the molecule is CSCC(C)N(C)CCNC(C)C1CC1. The van der Waals surface area contributed by atoms with Gasteiger partial charge < -0.3 is 10.2 Å². The van der Waals surface area contributed by atoms with Gasteiger partial charge in [-0.3, -0.25) is 0 Å². The predicted molar refractivity (Wildman–Crippen MR) is 70.7 cm³/mol. The van der Waals surface area contributed by atoms with Crippen LogP contribution in [0.25, 0.3) is 0 Å². The van der Waals surface area contributed by atoms with E-state index in [9.17, 15) is 0 Å². The van der Waals surface area contributed by atoms with Gasteiger partial charge in [0.2, 0.25) is 0 Å². The van der Waals surface area contributed by atoms with E-state index in [4.69, 9.17) is 0 Å². The van der Waals surface area contributed by atoms with Gasteiger partial charge in [-0.05, 0) is 45.9 Å². The quantitative estimate of drug-likeness (QED) is 0.687. The molecule has 15 heavy (non-hydrogen) atoms. The van der Waals surface area contributed by atoms with Crippen molar-refractivity contribution < 1.29 is 0 Å². The second kappa shape index (κ2) is 6.77. The molecule has 0 aromatic rings. The van der Waals surface area contributed by atoms with Crippen LogP contribution < -0.4 is 5.32 Å². The van der Waals surface area contributed by atoms with E-state index in [-0.39, 0.29) is 0 Å². The Labute approximate surface area is 99.2 Å². The van der Waals surface area contributed by atoms with Gasteiger partial charge in [-0.1, -0.05) is 0 Å². The first-order chi connectivity index (χ1) is 7.15. The maximum Gasteiger partial charge on any atom is 0.0155 e. The highest BCUT2D eigenvalue weighted by Gasteiger charge is 2.27. The van der Waals surface area contributed by atoms with E-state index in [0.29, 0.717) is 6.04 Å². The van der Waals surface area contributed by atoms with Gasteiger partial charge in [-0.15, -0.1) is 0 Å². The fourth-order valence-corrected chi connectivity index (χ4v) is 2.56. The van der Waals surface area contributed by atoms with Crippen molar-refractivity contribution in [2.24, 2.45) is 5.92 Å². The summed E-state index contributed by atoms with van der Waals surface area (Å²) in [6, 6.07) is 1.42. The highest BCUT2D eigenvalue weighted by Crippen LogP contribution is 2.32. The second-order valence-electron chi connectivity index (χ2n) is 4.87. The standard InChI is InChI=1S/C12H26N2S/c1-10(9-15-4)14(3)8-7-13-11(2)12-5-6-12/h10-13H,5-9H2,1-4H3. The van der Waals surface area contributed by atoms with Crippen LogP contribution in [-0.2, 0) is 0 Å². The molecule has 2 nitrogen and oxygen atoms in total. The molecule has 1 fully saturated rings. The highest BCUT2D eigenvalue weighted by molar-refractivity contribution is 7.98. The second-order valence-corrected chi connectivity index (χ2v) is 5.78. The summed E-state index contributed by atoms with van der Waals surface area (Å²) in [7, 11) is 2.23. The number of likely N-dealkylation sites (N-methyl/N-ethyl adjacent to an activating group) is 1. The van der Waals surface area contributed by atoms with Gasteiger partial charge in [0.15, 0.2) is 0 Å². The summed E-state index contributed by atoms with van der Waals surface area (Å²) < 4.78 is 0. The molecule has 0 heterocycles. The van der Waals surface area contributed by atoms with Crippen molar-refractivity contribution >= 4 is 11.8 Å². The van der Waals surface area contributed by atoms with E-state index < -0.39 is 0 Å². The number of hydrogen-bond acceptors (Lipinski definition) is 3. The molecule has 2 unspecified atom stereocenters. The lowest BCUT2D eigenvalue weighted by Crippen LogP contribution is -2.39. The maximum atomic E-state index is 3.62. The Morgan fingerprint density at radius 2 is 2.07 bits per heavy atom. The lowest BCUT2D eigenvalue weighted by atomic mass is 10.2. The summed E-state index contributed by atoms with van der Waals surface area (Å²) >= 11 is 1.93. The molecule has 90 valence electrons. The zero-order chi connectivity index (χ0) is 11.3. The van der Waals surface area contributed by atoms with Crippen LogP contribution in [0, 0.1) is 5.92 Å². The molecule has 1 N–H and O–H groups in total. The van der Waals surface area contributed by atoms with E-state index in [2.05, 4.69) is 37.4 Å². The number of thioether (sulfide) groups is 1. The molecule has 0 aromatic heterocycles. The van der Waals surface area contributed by atoms with E-state index >= 15 is 0 Å². The summed E-state index contributed by atoms with van der Waals surface area (Å²) in [6.07, 6.45) is 5.05. The molecule has 0 aromatic carbocycles. The van der Waals surface area contributed by atoms with Crippen LogP contribution in [0.5, 0.6) is 0 Å². The molecular formula is C12H26N2S. The molecule has 2 atom stereocenters. The number of nitrogens with one attached hydrogen (secondary N) is 1. The summed E-state index contributed by atoms with van der Waals surface area (Å²) in [5.41, 5.74) is 0. The topological polar surface area (TPSA) is 15.3 Å². The summed E-state index contributed by atoms with van der Waals surface area (Å²) in [6.45, 7) is 6.93. The first-order valence-corrected chi connectivity index (χ1v) is 7.47. The Morgan fingerprint density at radius 1 is 1.40 bits per heavy atom. The Bertz CT molecular complexity index is 171. The smallest absolute Gasteiger partial charge is 0.0155 e. The van der Waals surface area contributed by atoms with Gasteiger partial charge in [-0.2, -0.15) is 11.8 Å². The maximum absolute atomic E-state index is 3.62. The van der Waals surface area contributed by atoms with Crippen molar-refractivity contribution in [2.45, 2.75) is 38.8 Å². The molecule has 3 heteroatoms. The lowest BCUT2D eigenvalue weighted by Gasteiger charge is -2.25. The fourth-order valence-electron chi connectivity index (χ4n) is 1.82. The molecule has 0 aliphatic heterocycles. The van der Waals surface area contributed by atoms with Crippen LogP contribution >= 0.6 is 11.8 Å². The van der Waals surface area contributed by atoms with E-state index in [0.717, 1.165) is 18.5 Å². The van der Waals surface area contributed by atoms with Crippen molar-refractivity contribution in [3.63, 3.8) is 0 Å². The fraction of sp³-hybridized carbons (Fsp3) is 1.00. The molecule has 0 amide bonds. The van der Waals surface area contributed by atoms with Crippen LogP contribution in [0.4, 0.5) is 0 Å². The Morgan fingerprint density at radius 3 is 2.60 bits per heavy atom. The van der Waals surface area contributed by atoms with E-state index in [1.165, 1.54) is 25.1 Å². The molecule has 1 aliphatic carbocycles. The largest absolute Gasteiger partial charge is 0.313 e. The van der Waals surface area contributed by atoms with Crippen molar-refractivity contribution in [1.82, 2.24) is 10.2 Å². The Balaban J connectivity index is 2.02. The Kier molecular flexibility index (Phi) is 6.02. The van der Waals surface area contributed by atoms with Crippen LogP contribution in [0.2, 0.25) is 0 Å². The predicted octanol–water partition coefficient (Wildman–Crippen LogP) is 2.06. The van der Waals surface area contributed by atoms with Crippen molar-refractivity contribution in [1.29, 1.82) is 0 Å². The minimum atomic E-state index is 0.693. The number of hydrogen-bond donors (Lipinski definition) is 1. The van der Waals surface area contributed by atoms with Crippen LogP contribution in [0.3, 0.4) is 0 Å². The molecule has 0 bridgehead atoms. The molecule has 1 rings (SSSR count). The van der Waals surface area contributed by atoms with Gasteiger partial charge in [0.05, 0.1) is 0 Å². The van der Waals surface area contributed by atoms with Crippen molar-refractivity contribution in [2.75, 3.05) is 32.1 Å². The van der Waals surface area contributed by atoms with Gasteiger partial charge in [-0.25, -0.2) is 0 Å². The van der Waals surface area contributed by atoms with Crippen molar-refractivity contribution in [3.05, 3.63) is 0 Å². The lowest BCUT2D eigenvalue weighted by molar-refractivity contribution is 0.271. The third-order valence-electron chi connectivity index (χ3n) is 3.42. The molecule has 1 aliphatic rings. The first-order valence-electron chi connectivity index (χ1n) is 6.07. The molecule has 0 spiro atoms. The van der Waals surface area contributed by atoms with E-state index in [1.54, 1.807) is 0 Å². The zero-order valence-corrected chi connectivity index (χ0v) is 11.4. The van der Waals surface area contributed by atoms with Gasteiger partial charge >= 0.3 is 0 Å². The van der Waals surface area contributed by atoms with Crippen LogP contribution in [0.1, 0.15) is 26.7 Å². The molecular weight excluding hydrogens is 204 g/mol. The normalized spacial score (nSPS) is 20.6. The summed E-state index contributed by atoms with van der Waals surface area (Å²) in [5.74, 6) is 2.20. The van der Waals surface area contributed by atoms with Crippen LogP contribution in [0.15, 0.2) is 0 Å². The third kappa shape index (κ3) is 5.23. The van der Waals surface area contributed by atoms with E-state index in [1.807, 2.05) is 11.8 Å². The van der Waals surface area contributed by atoms with Gasteiger partial charge in [0.1, 0.15) is 0 Å². The average molecular weight is 230 g/mol. The highest BCUT2D eigenvalue weighted by atomic mass is 32.2. The third-order valence-corrected chi connectivity index (χ3v) is 4.24. The Hall–Kier alpha value is 0.270. The van der Waals surface area contributed by atoms with Gasteiger partial charge in [0.25, 0.3) is 0 Å². The number of rotatable bonds is 8. The molecule has 1 saturated carbocycles. The minimum Gasteiger partial charge on any atom is -0.313 e. The average Bonchev–Trinajstić information content (AvgIpc) is 3.00. The zero-order valence-electron chi connectivity index (χ0n) is 10.6. The molecule has 0 radical (unpaired) electrons. The summed E-state index contributed by atoms with van der Waals surface area (Å²) in [4.78, 5) is 2.45. The number of nitrogens with zero attached hydrogens (tertiary/aromatic N) is 1. The monoisotopic (exact) mass is 230 g/mol. The minimum absolute atomic E-state index is 0.693. The van der Waals surface area contributed by atoms with Crippen LogP contribution in [-0.4, -0.2) is 49.1 Å². The molecule has 0 saturated heterocycles. The van der Waals surface area contributed by atoms with Gasteiger partial charge in [0, 0.05) is 30.9 Å². The summed E-state index contributed by atoms with van der Waals surface area (Å²) in [5, 5.41) is 3.62. The first kappa shape index (κ1) is 13.3.